The van der Waals surface area contributed by atoms with Crippen LogP contribution in [-0.2, 0) is 11.3 Å². The van der Waals surface area contributed by atoms with Gasteiger partial charge in [-0.1, -0.05) is 19.9 Å². The SMILES string of the molecule is CC(C)C(=O)N1CCC(NCc2c(F)cccc2F)CC1. The summed E-state index contributed by atoms with van der Waals surface area (Å²) in [6.07, 6.45) is 1.63. The molecule has 2 rings (SSSR count). The summed E-state index contributed by atoms with van der Waals surface area (Å²) < 4.78 is 27.1. The minimum atomic E-state index is -0.519. The molecule has 116 valence electrons. The third-order valence-electron chi connectivity index (χ3n) is 3.93. The summed E-state index contributed by atoms with van der Waals surface area (Å²) in [6, 6.07) is 4.10. The molecule has 0 radical (unpaired) electrons. The number of hydrogen-bond acceptors (Lipinski definition) is 2. The Morgan fingerprint density at radius 1 is 1.29 bits per heavy atom. The second-order valence-corrected chi connectivity index (χ2v) is 5.84. The maximum atomic E-state index is 13.5. The van der Waals surface area contributed by atoms with Crippen molar-refractivity contribution in [3.63, 3.8) is 0 Å². The van der Waals surface area contributed by atoms with Gasteiger partial charge in [-0.3, -0.25) is 4.79 Å². The lowest BCUT2D eigenvalue weighted by Gasteiger charge is -2.33. The van der Waals surface area contributed by atoms with Crippen molar-refractivity contribution in [2.24, 2.45) is 5.92 Å². The molecule has 1 aliphatic heterocycles. The van der Waals surface area contributed by atoms with E-state index in [9.17, 15) is 13.6 Å². The van der Waals surface area contributed by atoms with Crippen LogP contribution in [0.1, 0.15) is 32.3 Å². The van der Waals surface area contributed by atoms with Gasteiger partial charge < -0.3 is 10.2 Å². The van der Waals surface area contributed by atoms with Gasteiger partial charge >= 0.3 is 0 Å². The molecule has 1 aromatic carbocycles. The van der Waals surface area contributed by atoms with Gasteiger partial charge in [0.05, 0.1) is 0 Å². The third kappa shape index (κ3) is 4.00. The first kappa shape index (κ1) is 15.9. The van der Waals surface area contributed by atoms with E-state index in [0.29, 0.717) is 13.1 Å². The van der Waals surface area contributed by atoms with Crippen molar-refractivity contribution >= 4 is 5.91 Å². The number of likely N-dealkylation sites (tertiary alicyclic amines) is 1. The fourth-order valence-electron chi connectivity index (χ4n) is 2.62. The summed E-state index contributed by atoms with van der Waals surface area (Å²) in [5.41, 5.74) is 0.0817. The summed E-state index contributed by atoms with van der Waals surface area (Å²) >= 11 is 0. The zero-order valence-corrected chi connectivity index (χ0v) is 12.5. The highest BCUT2D eigenvalue weighted by molar-refractivity contribution is 5.78. The topological polar surface area (TPSA) is 32.3 Å². The molecule has 1 aromatic rings. The van der Waals surface area contributed by atoms with Gasteiger partial charge in [-0.05, 0) is 25.0 Å². The first-order valence-electron chi connectivity index (χ1n) is 7.44. The Kier molecular flexibility index (Phi) is 5.28. The number of carbonyl (C=O) groups is 1. The number of nitrogens with one attached hydrogen (secondary N) is 1. The molecule has 0 unspecified atom stereocenters. The molecule has 1 heterocycles. The van der Waals surface area contributed by atoms with Crippen LogP contribution in [-0.4, -0.2) is 29.9 Å². The van der Waals surface area contributed by atoms with Gasteiger partial charge in [-0.25, -0.2) is 8.78 Å². The summed E-state index contributed by atoms with van der Waals surface area (Å²) in [6.45, 7) is 5.38. The molecule has 1 aliphatic rings. The van der Waals surface area contributed by atoms with Crippen LogP contribution in [0.15, 0.2) is 18.2 Å². The number of carbonyl (C=O) groups excluding carboxylic acids is 1. The molecule has 1 saturated heterocycles. The van der Waals surface area contributed by atoms with Gasteiger partial charge in [-0.15, -0.1) is 0 Å². The molecule has 1 fully saturated rings. The van der Waals surface area contributed by atoms with Crippen LogP contribution in [0.4, 0.5) is 8.78 Å². The molecule has 0 aliphatic carbocycles. The highest BCUT2D eigenvalue weighted by Crippen LogP contribution is 2.16. The van der Waals surface area contributed by atoms with E-state index in [2.05, 4.69) is 5.32 Å². The van der Waals surface area contributed by atoms with Crippen molar-refractivity contribution in [3.8, 4) is 0 Å². The fraction of sp³-hybridized carbons (Fsp3) is 0.562. The van der Waals surface area contributed by atoms with Crippen LogP contribution in [0.25, 0.3) is 0 Å². The molecule has 1 amide bonds. The monoisotopic (exact) mass is 296 g/mol. The minimum absolute atomic E-state index is 0.0158. The largest absolute Gasteiger partial charge is 0.342 e. The smallest absolute Gasteiger partial charge is 0.225 e. The first-order valence-corrected chi connectivity index (χ1v) is 7.44. The van der Waals surface area contributed by atoms with Crippen molar-refractivity contribution in [1.29, 1.82) is 0 Å². The second kappa shape index (κ2) is 6.98. The van der Waals surface area contributed by atoms with Crippen LogP contribution in [0.2, 0.25) is 0 Å². The van der Waals surface area contributed by atoms with Crippen LogP contribution in [0.5, 0.6) is 0 Å². The van der Waals surface area contributed by atoms with E-state index in [4.69, 9.17) is 0 Å². The molecular weight excluding hydrogens is 274 g/mol. The standard InChI is InChI=1S/C16H22F2N2O/c1-11(2)16(21)20-8-6-12(7-9-20)19-10-13-14(17)4-3-5-15(13)18/h3-5,11-12,19H,6-10H2,1-2H3. The Morgan fingerprint density at radius 3 is 2.38 bits per heavy atom. The lowest BCUT2D eigenvalue weighted by Crippen LogP contribution is -2.46. The maximum absolute atomic E-state index is 13.5. The van der Waals surface area contributed by atoms with Crippen molar-refractivity contribution in [3.05, 3.63) is 35.4 Å². The van der Waals surface area contributed by atoms with E-state index >= 15 is 0 Å². The average Bonchev–Trinajstić information content (AvgIpc) is 2.46. The van der Waals surface area contributed by atoms with E-state index in [0.717, 1.165) is 12.8 Å². The van der Waals surface area contributed by atoms with Gasteiger partial charge in [0.15, 0.2) is 0 Å². The molecule has 1 N–H and O–H groups in total. The number of hydrogen-bond donors (Lipinski definition) is 1. The summed E-state index contributed by atoms with van der Waals surface area (Å²) in [4.78, 5) is 13.7. The normalized spacial score (nSPS) is 16.5. The minimum Gasteiger partial charge on any atom is -0.342 e. The van der Waals surface area contributed by atoms with E-state index in [1.54, 1.807) is 0 Å². The molecule has 5 heteroatoms. The quantitative estimate of drug-likeness (QED) is 0.926. The molecule has 0 saturated carbocycles. The highest BCUT2D eigenvalue weighted by atomic mass is 19.1. The predicted octanol–water partition coefficient (Wildman–Crippen LogP) is 2.70. The molecule has 0 spiro atoms. The molecule has 21 heavy (non-hydrogen) atoms. The van der Waals surface area contributed by atoms with Crippen molar-refractivity contribution < 1.29 is 13.6 Å². The van der Waals surface area contributed by atoms with Crippen LogP contribution in [0, 0.1) is 17.6 Å². The number of rotatable bonds is 4. The zero-order valence-electron chi connectivity index (χ0n) is 12.5. The van der Waals surface area contributed by atoms with Crippen molar-refractivity contribution in [1.82, 2.24) is 10.2 Å². The Morgan fingerprint density at radius 2 is 1.86 bits per heavy atom. The van der Waals surface area contributed by atoms with Crippen LogP contribution < -0.4 is 5.32 Å². The number of amides is 1. The summed E-state index contributed by atoms with van der Waals surface area (Å²) in [5.74, 6) is -0.847. The van der Waals surface area contributed by atoms with Gasteiger partial charge in [0, 0.05) is 37.2 Å². The molecule has 3 nitrogen and oxygen atoms in total. The van der Waals surface area contributed by atoms with Gasteiger partial charge in [0.1, 0.15) is 11.6 Å². The Balaban J connectivity index is 1.83. The van der Waals surface area contributed by atoms with Gasteiger partial charge in [0.2, 0.25) is 5.91 Å². The van der Waals surface area contributed by atoms with E-state index in [1.807, 2.05) is 18.7 Å². The second-order valence-electron chi connectivity index (χ2n) is 5.84. The first-order chi connectivity index (χ1) is 9.99. The van der Waals surface area contributed by atoms with Crippen LogP contribution >= 0.6 is 0 Å². The lowest BCUT2D eigenvalue weighted by molar-refractivity contribution is -0.135. The lowest BCUT2D eigenvalue weighted by atomic mass is 10.0. The highest BCUT2D eigenvalue weighted by Gasteiger charge is 2.24. The van der Waals surface area contributed by atoms with Gasteiger partial charge in [-0.2, -0.15) is 0 Å². The van der Waals surface area contributed by atoms with E-state index in [1.165, 1.54) is 18.2 Å². The van der Waals surface area contributed by atoms with Crippen molar-refractivity contribution in [2.45, 2.75) is 39.3 Å². The number of benzene rings is 1. The molecule has 0 aromatic heterocycles. The predicted molar refractivity (Wildman–Crippen MR) is 77.6 cm³/mol. The number of nitrogens with zero attached hydrogens (tertiary/aromatic N) is 1. The number of piperidine rings is 1. The average molecular weight is 296 g/mol. The fourth-order valence-corrected chi connectivity index (χ4v) is 2.62. The maximum Gasteiger partial charge on any atom is 0.225 e. The van der Waals surface area contributed by atoms with E-state index in [-0.39, 0.29) is 30.0 Å². The molecular formula is C16H22F2N2O. The molecule has 0 bridgehead atoms. The summed E-state index contributed by atoms with van der Waals surface area (Å²) in [5, 5.41) is 3.19. The number of halogens is 2. The van der Waals surface area contributed by atoms with Crippen molar-refractivity contribution in [2.75, 3.05) is 13.1 Å². The third-order valence-corrected chi connectivity index (χ3v) is 3.93. The molecule has 0 atom stereocenters. The Bertz CT molecular complexity index is 477. The van der Waals surface area contributed by atoms with Crippen LogP contribution in [0.3, 0.4) is 0 Å². The zero-order chi connectivity index (χ0) is 15.4. The Labute approximate surface area is 124 Å². The van der Waals surface area contributed by atoms with E-state index < -0.39 is 11.6 Å². The Hall–Kier alpha value is -1.49. The van der Waals surface area contributed by atoms with Gasteiger partial charge in [0.25, 0.3) is 0 Å². The summed E-state index contributed by atoms with van der Waals surface area (Å²) in [7, 11) is 0.